The molecule has 4 atom stereocenters. The first-order chi connectivity index (χ1) is 9.32. The molecule has 2 saturated heterocycles. The Kier molecular flexibility index (Phi) is 4.22. The number of likely N-dealkylation sites (N-methyl/N-ethyl adjacent to an activating group) is 1. The van der Waals surface area contributed by atoms with Crippen LogP contribution in [0, 0.1) is 11.8 Å². The zero-order valence-electron chi connectivity index (χ0n) is 12.7. The van der Waals surface area contributed by atoms with Crippen molar-refractivity contribution in [1.82, 2.24) is 14.7 Å². The molecule has 1 N–H and O–H groups in total. The predicted molar refractivity (Wildman–Crippen MR) is 75.5 cm³/mol. The molecule has 2 amide bonds. The van der Waals surface area contributed by atoms with Gasteiger partial charge < -0.3 is 19.8 Å². The molecule has 6 heteroatoms. The quantitative estimate of drug-likeness (QED) is 0.813. The average Bonchev–Trinajstić information content (AvgIpc) is 2.91. The van der Waals surface area contributed by atoms with Gasteiger partial charge in [-0.25, -0.2) is 9.59 Å². The van der Waals surface area contributed by atoms with E-state index in [1.165, 1.54) is 4.90 Å². The van der Waals surface area contributed by atoms with Crippen LogP contribution in [0.2, 0.25) is 0 Å². The first kappa shape index (κ1) is 15.1. The van der Waals surface area contributed by atoms with E-state index in [2.05, 4.69) is 11.8 Å². The highest BCUT2D eigenvalue weighted by Gasteiger charge is 2.43. The van der Waals surface area contributed by atoms with Crippen LogP contribution in [0.4, 0.5) is 4.79 Å². The number of likely N-dealkylation sites (tertiary alicyclic amines) is 2. The zero-order valence-corrected chi connectivity index (χ0v) is 12.7. The molecular formula is C14H25N3O3. The maximum Gasteiger partial charge on any atom is 0.326 e. The lowest BCUT2D eigenvalue weighted by molar-refractivity contribution is -0.142. The van der Waals surface area contributed by atoms with Crippen molar-refractivity contribution in [2.45, 2.75) is 32.4 Å². The van der Waals surface area contributed by atoms with Crippen molar-refractivity contribution < 1.29 is 14.7 Å². The lowest BCUT2D eigenvalue weighted by Gasteiger charge is -2.29. The number of carboxylic acid groups (broad SMARTS) is 1. The Morgan fingerprint density at radius 3 is 2.30 bits per heavy atom. The molecule has 4 unspecified atom stereocenters. The zero-order chi connectivity index (χ0) is 15.0. The molecular weight excluding hydrogens is 258 g/mol. The van der Waals surface area contributed by atoms with Crippen molar-refractivity contribution in [2.75, 3.05) is 33.7 Å². The van der Waals surface area contributed by atoms with Gasteiger partial charge in [-0.15, -0.1) is 0 Å². The largest absolute Gasteiger partial charge is 0.480 e. The van der Waals surface area contributed by atoms with Crippen molar-refractivity contribution in [3.8, 4) is 0 Å². The fourth-order valence-corrected chi connectivity index (χ4v) is 3.50. The van der Waals surface area contributed by atoms with Gasteiger partial charge in [0.1, 0.15) is 6.04 Å². The summed E-state index contributed by atoms with van der Waals surface area (Å²) in [5.74, 6) is -0.446. The number of hydrogen-bond donors (Lipinski definition) is 1. The first-order valence-electron chi connectivity index (χ1n) is 7.27. The van der Waals surface area contributed by atoms with E-state index in [0.717, 1.165) is 6.42 Å². The second-order valence-electron chi connectivity index (χ2n) is 6.44. The third-order valence-corrected chi connectivity index (χ3v) is 4.71. The molecule has 0 aromatic rings. The Hall–Kier alpha value is -1.30. The first-order valence-corrected chi connectivity index (χ1v) is 7.27. The number of carbonyl (C=O) groups is 2. The number of aliphatic carboxylic acids is 1. The van der Waals surface area contributed by atoms with Crippen LogP contribution in [0.1, 0.15) is 20.3 Å². The van der Waals surface area contributed by atoms with Crippen molar-refractivity contribution in [1.29, 1.82) is 0 Å². The molecule has 0 saturated carbocycles. The smallest absolute Gasteiger partial charge is 0.326 e. The fourth-order valence-electron chi connectivity index (χ4n) is 3.50. The monoisotopic (exact) mass is 283 g/mol. The Morgan fingerprint density at radius 2 is 1.80 bits per heavy atom. The van der Waals surface area contributed by atoms with Crippen LogP contribution in [-0.4, -0.2) is 77.6 Å². The molecule has 2 aliphatic rings. The van der Waals surface area contributed by atoms with Crippen molar-refractivity contribution in [2.24, 2.45) is 11.8 Å². The molecule has 2 rings (SSSR count). The Labute approximate surface area is 120 Å². The molecule has 2 heterocycles. The molecule has 0 spiro atoms. The molecule has 2 aliphatic heterocycles. The van der Waals surface area contributed by atoms with Gasteiger partial charge in [0, 0.05) is 25.7 Å². The van der Waals surface area contributed by atoms with E-state index in [9.17, 15) is 14.7 Å². The van der Waals surface area contributed by atoms with Crippen LogP contribution < -0.4 is 0 Å². The van der Waals surface area contributed by atoms with Gasteiger partial charge in [-0.3, -0.25) is 0 Å². The van der Waals surface area contributed by atoms with Gasteiger partial charge in [0.2, 0.25) is 0 Å². The highest BCUT2D eigenvalue weighted by atomic mass is 16.4. The van der Waals surface area contributed by atoms with Gasteiger partial charge in [-0.2, -0.15) is 0 Å². The molecule has 0 bridgehead atoms. The van der Waals surface area contributed by atoms with E-state index in [4.69, 9.17) is 0 Å². The SMILES string of the molecule is CC1CN(C(=O)N2CCC(C)C2C(=O)O)CC1N(C)C. The number of nitrogens with zero attached hydrogens (tertiary/aromatic N) is 3. The second-order valence-corrected chi connectivity index (χ2v) is 6.44. The molecule has 0 aliphatic carbocycles. The summed E-state index contributed by atoms with van der Waals surface area (Å²) in [6, 6.07) is -0.434. The molecule has 2 fully saturated rings. The highest BCUT2D eigenvalue weighted by molar-refractivity contribution is 5.83. The second kappa shape index (κ2) is 5.60. The summed E-state index contributed by atoms with van der Waals surface area (Å²) in [6.45, 7) is 5.98. The Morgan fingerprint density at radius 1 is 1.15 bits per heavy atom. The van der Waals surface area contributed by atoms with E-state index in [1.54, 1.807) is 0 Å². The summed E-state index contributed by atoms with van der Waals surface area (Å²) in [4.78, 5) is 29.4. The summed E-state index contributed by atoms with van der Waals surface area (Å²) in [5, 5.41) is 9.32. The third-order valence-electron chi connectivity index (χ3n) is 4.71. The van der Waals surface area contributed by atoms with Crippen molar-refractivity contribution in [3.63, 3.8) is 0 Å². The van der Waals surface area contributed by atoms with Crippen LogP contribution in [0.5, 0.6) is 0 Å². The standard InChI is InChI=1S/C14H25N3O3/c1-9-5-6-17(12(9)13(18)19)14(20)16-7-10(2)11(8-16)15(3)4/h9-12H,5-8H2,1-4H3,(H,18,19). The lowest BCUT2D eigenvalue weighted by Crippen LogP contribution is -2.49. The minimum atomic E-state index is -0.889. The van der Waals surface area contributed by atoms with E-state index in [-0.39, 0.29) is 11.9 Å². The normalized spacial score (nSPS) is 34.0. The topological polar surface area (TPSA) is 64.1 Å². The van der Waals surface area contributed by atoms with Gasteiger partial charge in [-0.05, 0) is 32.4 Å². The summed E-state index contributed by atoms with van der Waals surface area (Å²) in [7, 11) is 4.04. The molecule has 0 aromatic heterocycles. The maximum absolute atomic E-state index is 12.6. The van der Waals surface area contributed by atoms with E-state index >= 15 is 0 Å². The van der Waals surface area contributed by atoms with E-state index < -0.39 is 12.0 Å². The lowest BCUT2D eigenvalue weighted by atomic mass is 10.0. The van der Waals surface area contributed by atoms with Crippen molar-refractivity contribution >= 4 is 12.0 Å². The summed E-state index contributed by atoms with van der Waals surface area (Å²) in [6.07, 6.45) is 0.767. The minimum absolute atomic E-state index is 0.0288. The average molecular weight is 283 g/mol. The van der Waals surface area contributed by atoms with Gasteiger partial charge in [0.05, 0.1) is 0 Å². The number of hydrogen-bond acceptors (Lipinski definition) is 3. The van der Waals surface area contributed by atoms with Crippen LogP contribution in [0.25, 0.3) is 0 Å². The van der Waals surface area contributed by atoms with E-state index in [0.29, 0.717) is 31.6 Å². The number of rotatable bonds is 2. The third kappa shape index (κ3) is 2.61. The predicted octanol–water partition coefficient (Wildman–Crippen LogP) is 0.783. The van der Waals surface area contributed by atoms with Crippen LogP contribution in [-0.2, 0) is 4.79 Å². The number of carbonyl (C=O) groups excluding carboxylic acids is 1. The minimum Gasteiger partial charge on any atom is -0.480 e. The maximum atomic E-state index is 12.6. The molecule has 0 radical (unpaired) electrons. The Balaban J connectivity index is 2.07. The molecule has 114 valence electrons. The van der Waals surface area contributed by atoms with Gasteiger partial charge in [0.25, 0.3) is 0 Å². The summed E-state index contributed by atoms with van der Waals surface area (Å²) in [5.41, 5.74) is 0. The van der Waals surface area contributed by atoms with Gasteiger partial charge >= 0.3 is 12.0 Å². The van der Waals surface area contributed by atoms with Crippen LogP contribution in [0.15, 0.2) is 0 Å². The Bertz CT molecular complexity index is 399. The molecule has 20 heavy (non-hydrogen) atoms. The molecule has 6 nitrogen and oxygen atoms in total. The van der Waals surface area contributed by atoms with Gasteiger partial charge in [0.15, 0.2) is 0 Å². The van der Waals surface area contributed by atoms with Crippen LogP contribution in [0.3, 0.4) is 0 Å². The summed E-state index contributed by atoms with van der Waals surface area (Å²) < 4.78 is 0. The van der Waals surface area contributed by atoms with E-state index in [1.807, 2.05) is 25.9 Å². The van der Waals surface area contributed by atoms with Crippen molar-refractivity contribution in [3.05, 3.63) is 0 Å². The number of amides is 2. The number of urea groups is 1. The fraction of sp³-hybridized carbons (Fsp3) is 0.857. The van der Waals surface area contributed by atoms with Gasteiger partial charge in [-0.1, -0.05) is 13.8 Å². The summed E-state index contributed by atoms with van der Waals surface area (Å²) >= 11 is 0. The van der Waals surface area contributed by atoms with Crippen LogP contribution >= 0.6 is 0 Å². The number of carboxylic acids is 1. The highest BCUT2D eigenvalue weighted by Crippen LogP contribution is 2.28. The molecule has 0 aromatic carbocycles.